The lowest BCUT2D eigenvalue weighted by Crippen LogP contribution is -2.67. The van der Waals surface area contributed by atoms with Crippen molar-refractivity contribution in [3.05, 3.63) is 77.4 Å². The summed E-state index contributed by atoms with van der Waals surface area (Å²) in [5.41, 5.74) is 0.0606. The van der Waals surface area contributed by atoms with Crippen molar-refractivity contribution in [2.24, 2.45) is 5.92 Å². The number of aliphatic carboxylic acids is 1. The number of ether oxygens (including phenoxy) is 2. The van der Waals surface area contributed by atoms with Gasteiger partial charge < -0.3 is 24.8 Å². The van der Waals surface area contributed by atoms with E-state index in [0.29, 0.717) is 5.75 Å². The highest BCUT2D eigenvalue weighted by Crippen LogP contribution is 2.49. The number of carbonyl (C=O) groups excluding carboxylic acids is 3. The van der Waals surface area contributed by atoms with Gasteiger partial charge in [-0.25, -0.2) is 9.59 Å². The molecule has 1 saturated heterocycles. The first-order chi connectivity index (χ1) is 22.6. The number of amides is 3. The van der Waals surface area contributed by atoms with Crippen LogP contribution in [0.5, 0.6) is 5.75 Å². The fraction of sp³-hybridized carbons (Fsp3) is 0.526. The Bertz CT molecular complexity index is 1530. The number of nitrogens with zero attached hydrogens (tertiary/aromatic N) is 2. The van der Waals surface area contributed by atoms with E-state index in [0.717, 1.165) is 11.1 Å². The fourth-order valence-corrected chi connectivity index (χ4v) is 7.63. The summed E-state index contributed by atoms with van der Waals surface area (Å²) in [5, 5.41) is 12.3. The second-order valence-corrected chi connectivity index (χ2v) is 16.7. The number of rotatable bonds is 11. The molecule has 11 heteroatoms. The molecule has 0 bridgehead atoms. The highest BCUT2D eigenvalue weighted by Gasteiger charge is 2.52. The first-order valence-corrected chi connectivity index (χ1v) is 17.4. The van der Waals surface area contributed by atoms with Gasteiger partial charge in [-0.2, -0.15) is 0 Å². The molecule has 3 amide bonds. The van der Waals surface area contributed by atoms with E-state index in [1.54, 1.807) is 38.9 Å². The van der Waals surface area contributed by atoms with E-state index in [2.05, 4.69) is 5.32 Å². The van der Waals surface area contributed by atoms with Crippen LogP contribution >= 0.6 is 11.8 Å². The standard InChI is InChI=1S/C38H53N3O7S/c1-23(2)28(22-24(3)34(44)45)41-32(43)29(38(9,10)49-33(41)25-18-20-27(47-12)21-19-25)39-31(42)30(40(11)35(46)48-36(4,5)6)37(7,8)26-16-14-13-15-17-26/h13-23,28-30,33H,1-12H3,(H,39,42)(H,44,45)/b24-22+/t28-,29-,30-,33?/m1/s1. The van der Waals surface area contributed by atoms with Crippen LogP contribution in [0.4, 0.5) is 4.79 Å². The number of nitrogens with one attached hydrogen (secondary N) is 1. The zero-order valence-corrected chi connectivity index (χ0v) is 31.7. The van der Waals surface area contributed by atoms with Crippen LogP contribution in [0.15, 0.2) is 66.2 Å². The van der Waals surface area contributed by atoms with Crippen molar-refractivity contribution in [2.45, 2.75) is 108 Å². The SMILES string of the molecule is COc1ccc(C2SC(C)(C)[C@H](NC(=O)[C@@H](N(C)C(=O)OC(C)(C)C)C(C)(C)c3ccccc3)C(=O)N2[C@H](/C=C(\C)C(=O)O)C(C)C)cc1. The Morgan fingerprint density at radius 1 is 1.02 bits per heavy atom. The van der Waals surface area contributed by atoms with Crippen LogP contribution in [0.1, 0.15) is 85.7 Å². The van der Waals surface area contributed by atoms with Crippen LogP contribution in [0.2, 0.25) is 0 Å². The van der Waals surface area contributed by atoms with Crippen molar-refractivity contribution in [3.8, 4) is 5.75 Å². The number of carbonyl (C=O) groups is 4. The average molecular weight is 696 g/mol. The van der Waals surface area contributed by atoms with E-state index in [-0.39, 0.29) is 17.4 Å². The van der Waals surface area contributed by atoms with Gasteiger partial charge in [0, 0.05) is 22.8 Å². The first-order valence-electron chi connectivity index (χ1n) is 16.5. The highest BCUT2D eigenvalue weighted by molar-refractivity contribution is 8.01. The number of hydrogen-bond donors (Lipinski definition) is 2. The van der Waals surface area contributed by atoms with Crippen LogP contribution < -0.4 is 10.1 Å². The number of thioether (sulfide) groups is 1. The summed E-state index contributed by atoms with van der Waals surface area (Å²) in [6, 6.07) is 14.2. The molecule has 2 N–H and O–H groups in total. The summed E-state index contributed by atoms with van der Waals surface area (Å²) < 4.78 is 10.2. The van der Waals surface area contributed by atoms with Gasteiger partial charge in [-0.3, -0.25) is 14.5 Å². The van der Waals surface area contributed by atoms with E-state index < -0.39 is 57.2 Å². The van der Waals surface area contributed by atoms with Gasteiger partial charge in [-0.1, -0.05) is 76.2 Å². The average Bonchev–Trinajstić information content (AvgIpc) is 3.01. The van der Waals surface area contributed by atoms with Crippen molar-refractivity contribution in [1.29, 1.82) is 0 Å². The van der Waals surface area contributed by atoms with Gasteiger partial charge in [-0.15, -0.1) is 11.8 Å². The van der Waals surface area contributed by atoms with Crippen molar-refractivity contribution >= 4 is 35.6 Å². The number of benzene rings is 2. The minimum absolute atomic E-state index is 0.110. The summed E-state index contributed by atoms with van der Waals surface area (Å²) in [7, 11) is 3.11. The predicted molar refractivity (Wildman–Crippen MR) is 193 cm³/mol. The van der Waals surface area contributed by atoms with Gasteiger partial charge in [-0.05, 0) is 70.7 Å². The van der Waals surface area contributed by atoms with Gasteiger partial charge in [0.1, 0.15) is 28.8 Å². The molecule has 1 aliphatic heterocycles. The van der Waals surface area contributed by atoms with Crippen molar-refractivity contribution < 1.29 is 33.8 Å². The molecular formula is C38H53N3O7S. The summed E-state index contributed by atoms with van der Waals surface area (Å²) in [5.74, 6) is -1.46. The second kappa shape index (κ2) is 15.3. The van der Waals surface area contributed by atoms with Crippen LogP contribution in [-0.4, -0.2) is 81.4 Å². The van der Waals surface area contributed by atoms with E-state index >= 15 is 0 Å². The Morgan fingerprint density at radius 2 is 1.59 bits per heavy atom. The molecule has 0 saturated carbocycles. The molecule has 4 atom stereocenters. The minimum atomic E-state index is -1.08. The molecule has 1 aliphatic rings. The first kappa shape index (κ1) is 39.4. The molecule has 0 aliphatic carbocycles. The predicted octanol–water partition coefficient (Wildman–Crippen LogP) is 6.80. The molecule has 49 heavy (non-hydrogen) atoms. The second-order valence-electron chi connectivity index (χ2n) is 15.0. The highest BCUT2D eigenvalue weighted by atomic mass is 32.2. The van der Waals surface area contributed by atoms with Crippen LogP contribution in [0.3, 0.4) is 0 Å². The topological polar surface area (TPSA) is 125 Å². The smallest absolute Gasteiger partial charge is 0.410 e. The van der Waals surface area contributed by atoms with Gasteiger partial charge in [0.2, 0.25) is 11.8 Å². The summed E-state index contributed by atoms with van der Waals surface area (Å²) in [4.78, 5) is 58.0. The molecule has 1 unspecified atom stereocenters. The van der Waals surface area contributed by atoms with Crippen LogP contribution in [0, 0.1) is 5.92 Å². The fourth-order valence-electron chi connectivity index (χ4n) is 6.11. The van der Waals surface area contributed by atoms with Crippen molar-refractivity contribution in [3.63, 3.8) is 0 Å². The Labute approximate surface area is 295 Å². The maximum Gasteiger partial charge on any atom is 0.410 e. The third-order valence-corrected chi connectivity index (χ3v) is 10.4. The molecule has 268 valence electrons. The zero-order valence-electron chi connectivity index (χ0n) is 30.9. The molecule has 2 aromatic rings. The summed E-state index contributed by atoms with van der Waals surface area (Å²) in [6.07, 6.45) is 0.937. The number of methoxy groups -OCH3 is 1. The molecular weight excluding hydrogens is 642 g/mol. The van der Waals surface area contributed by atoms with Crippen LogP contribution in [-0.2, 0) is 24.5 Å². The molecule has 0 spiro atoms. The van der Waals surface area contributed by atoms with E-state index in [4.69, 9.17) is 9.47 Å². The lowest BCUT2D eigenvalue weighted by molar-refractivity contribution is -0.142. The molecule has 0 aromatic heterocycles. The molecule has 10 nitrogen and oxygen atoms in total. The number of hydrogen-bond acceptors (Lipinski definition) is 7. The monoisotopic (exact) mass is 695 g/mol. The third-order valence-electron chi connectivity index (χ3n) is 8.83. The Balaban J connectivity index is 2.15. The third kappa shape index (κ3) is 9.17. The van der Waals surface area contributed by atoms with Crippen molar-refractivity contribution in [1.82, 2.24) is 15.1 Å². The zero-order chi connectivity index (χ0) is 37.1. The number of carboxylic acid groups (broad SMARTS) is 1. The maximum atomic E-state index is 14.9. The van der Waals surface area contributed by atoms with Gasteiger partial charge >= 0.3 is 12.1 Å². The van der Waals surface area contributed by atoms with E-state index in [9.17, 15) is 24.3 Å². The molecule has 0 radical (unpaired) electrons. The Morgan fingerprint density at radius 3 is 2.08 bits per heavy atom. The minimum Gasteiger partial charge on any atom is -0.497 e. The van der Waals surface area contributed by atoms with E-state index in [1.807, 2.05) is 96.1 Å². The number of carboxylic acids is 1. The lowest BCUT2D eigenvalue weighted by atomic mass is 9.76. The molecule has 2 aromatic carbocycles. The molecule has 3 rings (SSSR count). The van der Waals surface area contributed by atoms with Crippen LogP contribution in [0.25, 0.3) is 0 Å². The van der Waals surface area contributed by atoms with Gasteiger partial charge in [0.25, 0.3) is 0 Å². The van der Waals surface area contributed by atoms with Gasteiger partial charge in [0.15, 0.2) is 0 Å². The Kier molecular flexibility index (Phi) is 12.3. The maximum absolute atomic E-state index is 14.9. The molecule has 1 heterocycles. The van der Waals surface area contributed by atoms with E-state index in [1.165, 1.54) is 30.6 Å². The molecule has 1 fully saturated rings. The summed E-state index contributed by atoms with van der Waals surface area (Å²) >= 11 is 1.50. The van der Waals surface area contributed by atoms with Crippen molar-refractivity contribution in [2.75, 3.05) is 14.2 Å². The normalized spacial score (nSPS) is 19.6. The lowest BCUT2D eigenvalue weighted by Gasteiger charge is -2.51. The number of likely N-dealkylation sites (N-methyl/N-ethyl adjacent to an activating group) is 1. The quantitative estimate of drug-likeness (QED) is 0.246. The Hall–Kier alpha value is -3.99. The summed E-state index contributed by atoms with van der Waals surface area (Å²) in [6.45, 7) is 18.2. The van der Waals surface area contributed by atoms with Gasteiger partial charge in [0.05, 0.1) is 13.2 Å². The largest absolute Gasteiger partial charge is 0.497 e.